The standard InChI is InChI=1S/C18H12Br3F3N4O2/c19-8-1-3-9(4-2-8)25-17(29)15-14(21)16-26-10(11-5-6-13(20)30-11)7-12(18(22,23)24)28(16)27-15/h1-6,10,12,26H,7H2,(H,25,29)/t10-,12-/m0/s1. The number of furan rings is 1. The Morgan fingerprint density at radius 2 is 1.87 bits per heavy atom. The molecular weight excluding hydrogens is 601 g/mol. The van der Waals surface area contributed by atoms with Gasteiger partial charge in [0.15, 0.2) is 16.4 Å². The van der Waals surface area contributed by atoms with E-state index in [1.807, 2.05) is 0 Å². The number of hydrogen-bond donors (Lipinski definition) is 2. The molecule has 6 nitrogen and oxygen atoms in total. The number of amides is 1. The van der Waals surface area contributed by atoms with Crippen LogP contribution in [0.5, 0.6) is 0 Å². The number of carbonyl (C=O) groups excluding carboxylic acids is 1. The fraction of sp³-hybridized carbons (Fsp3) is 0.222. The lowest BCUT2D eigenvalue weighted by molar-refractivity contribution is -0.174. The minimum Gasteiger partial charge on any atom is -0.452 e. The molecule has 0 saturated carbocycles. The molecule has 3 aromatic rings. The number of halogens is 6. The maximum Gasteiger partial charge on any atom is 0.410 e. The Labute approximate surface area is 193 Å². The minimum absolute atomic E-state index is 0.0575. The average Bonchev–Trinajstić information content (AvgIpc) is 3.26. The number of carbonyl (C=O) groups is 1. The summed E-state index contributed by atoms with van der Waals surface area (Å²) in [7, 11) is 0. The highest BCUT2D eigenvalue weighted by Crippen LogP contribution is 2.46. The van der Waals surface area contributed by atoms with Crippen molar-refractivity contribution in [3.63, 3.8) is 0 Å². The van der Waals surface area contributed by atoms with Crippen LogP contribution in [0.3, 0.4) is 0 Å². The fourth-order valence-electron chi connectivity index (χ4n) is 3.16. The molecule has 30 heavy (non-hydrogen) atoms. The summed E-state index contributed by atoms with van der Waals surface area (Å²) in [5.41, 5.74) is 0.329. The zero-order valence-corrected chi connectivity index (χ0v) is 19.6. The first-order valence-corrected chi connectivity index (χ1v) is 10.9. The van der Waals surface area contributed by atoms with Gasteiger partial charge in [0.25, 0.3) is 5.91 Å². The third-order valence-corrected chi connectivity index (χ3v) is 6.26. The smallest absolute Gasteiger partial charge is 0.410 e. The van der Waals surface area contributed by atoms with E-state index < -0.39 is 24.2 Å². The molecular formula is C18H12Br3F3N4O2. The summed E-state index contributed by atoms with van der Waals surface area (Å²) < 4.78 is 49.0. The van der Waals surface area contributed by atoms with Crippen molar-refractivity contribution >= 4 is 65.2 Å². The predicted octanol–water partition coefficient (Wildman–Crippen LogP) is 6.68. The number of nitrogens with zero attached hydrogens (tertiary/aromatic N) is 2. The summed E-state index contributed by atoms with van der Waals surface area (Å²) >= 11 is 9.70. The molecule has 1 aliphatic rings. The van der Waals surface area contributed by atoms with E-state index in [1.54, 1.807) is 36.4 Å². The summed E-state index contributed by atoms with van der Waals surface area (Å²) in [6, 6.07) is 7.32. The first-order chi connectivity index (χ1) is 14.1. The second-order valence-electron chi connectivity index (χ2n) is 6.55. The Bertz CT molecular complexity index is 1100. The van der Waals surface area contributed by atoms with Crippen LogP contribution >= 0.6 is 47.8 Å². The van der Waals surface area contributed by atoms with Gasteiger partial charge >= 0.3 is 6.18 Å². The van der Waals surface area contributed by atoms with Crippen LogP contribution in [0, 0.1) is 0 Å². The molecule has 2 aromatic heterocycles. The molecule has 1 aromatic carbocycles. The molecule has 0 fully saturated rings. The van der Waals surface area contributed by atoms with Crippen LogP contribution < -0.4 is 10.6 Å². The van der Waals surface area contributed by atoms with E-state index in [-0.39, 0.29) is 22.4 Å². The highest BCUT2D eigenvalue weighted by Gasteiger charge is 2.48. The highest BCUT2D eigenvalue weighted by atomic mass is 79.9. The number of alkyl halides is 3. The van der Waals surface area contributed by atoms with Crippen molar-refractivity contribution in [2.24, 2.45) is 0 Å². The van der Waals surface area contributed by atoms with Gasteiger partial charge in [-0.15, -0.1) is 0 Å². The van der Waals surface area contributed by atoms with Crippen LogP contribution in [-0.4, -0.2) is 21.9 Å². The van der Waals surface area contributed by atoms with Crippen molar-refractivity contribution in [1.29, 1.82) is 0 Å². The Kier molecular flexibility index (Phi) is 5.75. The van der Waals surface area contributed by atoms with Crippen LogP contribution in [0.1, 0.15) is 34.8 Å². The normalized spacial score (nSPS) is 18.6. The lowest BCUT2D eigenvalue weighted by Gasteiger charge is -2.32. The van der Waals surface area contributed by atoms with Gasteiger partial charge in [0, 0.05) is 16.6 Å². The maximum absolute atomic E-state index is 13.8. The number of rotatable bonds is 3. The van der Waals surface area contributed by atoms with Gasteiger partial charge in [-0.1, -0.05) is 15.9 Å². The zero-order valence-electron chi connectivity index (χ0n) is 14.8. The van der Waals surface area contributed by atoms with Gasteiger partial charge in [-0.3, -0.25) is 4.79 Å². The number of nitrogens with one attached hydrogen (secondary N) is 2. The van der Waals surface area contributed by atoms with Gasteiger partial charge in [0.2, 0.25) is 0 Å². The van der Waals surface area contributed by atoms with Crippen LogP contribution in [0.4, 0.5) is 24.7 Å². The molecule has 12 heteroatoms. The molecule has 0 aliphatic carbocycles. The third-order valence-electron chi connectivity index (χ3n) is 4.55. The third kappa shape index (κ3) is 4.17. The topological polar surface area (TPSA) is 72.1 Å². The molecule has 0 radical (unpaired) electrons. The molecule has 0 spiro atoms. The van der Waals surface area contributed by atoms with Gasteiger partial charge in [-0.2, -0.15) is 18.3 Å². The molecule has 1 aliphatic heterocycles. The van der Waals surface area contributed by atoms with E-state index in [1.165, 1.54) is 0 Å². The summed E-state index contributed by atoms with van der Waals surface area (Å²) in [6.07, 6.45) is -4.90. The van der Waals surface area contributed by atoms with Crippen molar-refractivity contribution < 1.29 is 22.4 Å². The summed E-state index contributed by atoms with van der Waals surface area (Å²) in [5.74, 6) is -0.232. The van der Waals surface area contributed by atoms with Crippen molar-refractivity contribution in [1.82, 2.24) is 9.78 Å². The van der Waals surface area contributed by atoms with Crippen LogP contribution in [0.25, 0.3) is 0 Å². The average molecular weight is 613 g/mol. The molecule has 0 saturated heterocycles. The largest absolute Gasteiger partial charge is 0.452 e. The molecule has 0 bridgehead atoms. The second kappa shape index (κ2) is 8.04. The molecule has 0 unspecified atom stereocenters. The molecule has 1 amide bonds. The van der Waals surface area contributed by atoms with E-state index in [0.717, 1.165) is 9.15 Å². The number of hydrogen-bond acceptors (Lipinski definition) is 4. The van der Waals surface area contributed by atoms with Gasteiger partial charge in [0.1, 0.15) is 11.6 Å². The van der Waals surface area contributed by atoms with E-state index in [2.05, 4.69) is 63.5 Å². The molecule has 3 heterocycles. The SMILES string of the molecule is O=C(Nc1ccc(Br)cc1)c1nn2c(c1Br)N[C@H](c1ccc(Br)o1)C[C@H]2C(F)(F)F. The van der Waals surface area contributed by atoms with Crippen molar-refractivity contribution in [2.45, 2.75) is 24.7 Å². The van der Waals surface area contributed by atoms with Crippen molar-refractivity contribution in [3.8, 4) is 0 Å². The van der Waals surface area contributed by atoms with E-state index in [9.17, 15) is 18.0 Å². The number of fused-ring (bicyclic) bond motifs is 1. The summed E-state index contributed by atoms with van der Waals surface area (Å²) in [5, 5.41) is 9.60. The van der Waals surface area contributed by atoms with Gasteiger partial charge < -0.3 is 15.1 Å². The molecule has 2 N–H and O–H groups in total. The van der Waals surface area contributed by atoms with E-state index >= 15 is 0 Å². The number of anilines is 2. The maximum atomic E-state index is 13.8. The van der Waals surface area contributed by atoms with Crippen LogP contribution in [0.2, 0.25) is 0 Å². The first-order valence-electron chi connectivity index (χ1n) is 8.57. The zero-order chi connectivity index (χ0) is 21.6. The minimum atomic E-state index is -4.57. The van der Waals surface area contributed by atoms with Crippen LogP contribution in [-0.2, 0) is 0 Å². The first kappa shape index (κ1) is 21.4. The second-order valence-corrected chi connectivity index (χ2v) is 9.04. The Morgan fingerprint density at radius 1 is 1.17 bits per heavy atom. The quantitative estimate of drug-likeness (QED) is 0.346. The highest BCUT2D eigenvalue weighted by molar-refractivity contribution is 9.11. The Balaban J connectivity index is 1.69. The molecule has 158 valence electrons. The van der Waals surface area contributed by atoms with Crippen molar-refractivity contribution in [2.75, 3.05) is 10.6 Å². The molecule has 2 atom stereocenters. The Morgan fingerprint density at radius 3 is 2.47 bits per heavy atom. The van der Waals surface area contributed by atoms with Gasteiger partial charge in [-0.05, 0) is 68.3 Å². The van der Waals surface area contributed by atoms with Gasteiger partial charge in [-0.25, -0.2) is 4.68 Å². The monoisotopic (exact) mass is 610 g/mol. The summed E-state index contributed by atoms with van der Waals surface area (Å²) in [4.78, 5) is 12.7. The lowest BCUT2D eigenvalue weighted by atomic mass is 10.0. The molecule has 4 rings (SSSR count). The predicted molar refractivity (Wildman–Crippen MR) is 115 cm³/mol. The van der Waals surface area contributed by atoms with E-state index in [0.29, 0.717) is 16.1 Å². The Hall–Kier alpha value is -1.79. The van der Waals surface area contributed by atoms with Crippen molar-refractivity contribution in [3.05, 3.63) is 61.5 Å². The van der Waals surface area contributed by atoms with E-state index in [4.69, 9.17) is 4.42 Å². The number of aromatic nitrogens is 2. The fourth-order valence-corrected chi connectivity index (χ4v) is 4.30. The van der Waals surface area contributed by atoms with Gasteiger partial charge in [0.05, 0.1) is 10.5 Å². The summed E-state index contributed by atoms with van der Waals surface area (Å²) in [6.45, 7) is 0. The number of benzene rings is 1. The lowest BCUT2D eigenvalue weighted by Crippen LogP contribution is -2.35. The van der Waals surface area contributed by atoms with Crippen LogP contribution in [0.15, 0.2) is 54.4 Å².